The molecule has 0 spiro atoms. The number of esters is 1. The van der Waals surface area contributed by atoms with Crippen LogP contribution in [-0.2, 0) is 4.74 Å². The van der Waals surface area contributed by atoms with Gasteiger partial charge < -0.3 is 10.1 Å². The molecule has 0 bridgehead atoms. The average Bonchev–Trinajstić information content (AvgIpc) is 3.32. The van der Waals surface area contributed by atoms with Crippen LogP contribution in [0.4, 0.5) is 17.3 Å². The van der Waals surface area contributed by atoms with Gasteiger partial charge in [0.05, 0.1) is 18.4 Å². The SMILES string of the molecule is CCOC(=O)c1ccc(Nc2nc3nonc3nc2N/N=C\c2cccc3ccccc23)cc1. The number of nitrogens with one attached hydrogen (secondary N) is 2. The van der Waals surface area contributed by atoms with Gasteiger partial charge in [-0.1, -0.05) is 42.5 Å². The summed E-state index contributed by atoms with van der Waals surface area (Å²) in [6.07, 6.45) is 1.72. The fraction of sp³-hybridized carbons (Fsp3) is 0.0833. The van der Waals surface area contributed by atoms with Crippen LogP contribution in [0.2, 0.25) is 0 Å². The van der Waals surface area contributed by atoms with Crippen LogP contribution in [0.1, 0.15) is 22.8 Å². The number of carbonyl (C=O) groups is 1. The highest BCUT2D eigenvalue weighted by Gasteiger charge is 2.13. The quantitative estimate of drug-likeness (QED) is 0.207. The number of rotatable bonds is 7. The molecule has 0 saturated heterocycles. The molecule has 168 valence electrons. The fourth-order valence-corrected chi connectivity index (χ4v) is 3.37. The van der Waals surface area contributed by atoms with Crippen molar-refractivity contribution < 1.29 is 14.2 Å². The highest BCUT2D eigenvalue weighted by atomic mass is 16.6. The van der Waals surface area contributed by atoms with E-state index in [9.17, 15) is 4.79 Å². The van der Waals surface area contributed by atoms with Gasteiger partial charge in [-0.25, -0.2) is 14.4 Å². The fourth-order valence-electron chi connectivity index (χ4n) is 3.37. The monoisotopic (exact) mass is 453 g/mol. The molecule has 0 radical (unpaired) electrons. The van der Waals surface area contributed by atoms with Gasteiger partial charge >= 0.3 is 5.97 Å². The molecule has 0 saturated carbocycles. The van der Waals surface area contributed by atoms with Gasteiger partial charge in [0.1, 0.15) is 0 Å². The van der Waals surface area contributed by atoms with Crippen LogP contribution in [0.5, 0.6) is 0 Å². The lowest BCUT2D eigenvalue weighted by molar-refractivity contribution is 0.0526. The van der Waals surface area contributed by atoms with Crippen LogP contribution in [0, 0.1) is 0 Å². The second-order valence-corrected chi connectivity index (χ2v) is 7.19. The Morgan fingerprint density at radius 2 is 1.71 bits per heavy atom. The molecule has 0 unspecified atom stereocenters. The van der Waals surface area contributed by atoms with Crippen LogP contribution < -0.4 is 10.7 Å². The van der Waals surface area contributed by atoms with Crippen molar-refractivity contribution in [3.63, 3.8) is 0 Å². The van der Waals surface area contributed by atoms with Crippen molar-refractivity contribution in [1.82, 2.24) is 20.3 Å². The maximum absolute atomic E-state index is 11.9. The van der Waals surface area contributed by atoms with Gasteiger partial charge in [0.15, 0.2) is 11.6 Å². The summed E-state index contributed by atoms with van der Waals surface area (Å²) in [4.78, 5) is 20.7. The lowest BCUT2D eigenvalue weighted by Crippen LogP contribution is -2.05. The van der Waals surface area contributed by atoms with E-state index in [0.29, 0.717) is 29.5 Å². The first-order chi connectivity index (χ1) is 16.7. The number of hydrogen-bond acceptors (Lipinski definition) is 10. The summed E-state index contributed by atoms with van der Waals surface area (Å²) in [6.45, 7) is 2.08. The van der Waals surface area contributed by atoms with E-state index in [2.05, 4.69) is 36.1 Å². The predicted octanol–water partition coefficient (Wildman–Crippen LogP) is 4.53. The highest BCUT2D eigenvalue weighted by molar-refractivity contribution is 6.00. The minimum absolute atomic E-state index is 0.242. The summed E-state index contributed by atoms with van der Waals surface area (Å²) in [5.41, 5.74) is 5.49. The molecule has 0 aliphatic heterocycles. The summed E-state index contributed by atoms with van der Waals surface area (Å²) in [5, 5.41) is 17.2. The van der Waals surface area contributed by atoms with E-state index < -0.39 is 0 Å². The van der Waals surface area contributed by atoms with E-state index in [1.807, 2.05) is 42.5 Å². The summed E-state index contributed by atoms with van der Waals surface area (Å²) < 4.78 is 9.76. The van der Waals surface area contributed by atoms with Gasteiger partial charge in [-0.2, -0.15) is 10.1 Å². The van der Waals surface area contributed by atoms with Gasteiger partial charge in [-0.15, -0.1) is 0 Å². The molecule has 5 rings (SSSR count). The number of hydrazone groups is 1. The summed E-state index contributed by atoms with van der Waals surface area (Å²) in [5.74, 6) is 0.311. The van der Waals surface area contributed by atoms with Gasteiger partial charge in [0.2, 0.25) is 11.3 Å². The molecular formula is C24H19N7O3. The Hall–Kier alpha value is -4.86. The van der Waals surface area contributed by atoms with Crippen molar-refractivity contribution in [2.45, 2.75) is 6.92 Å². The lowest BCUT2D eigenvalue weighted by Gasteiger charge is -2.10. The molecule has 2 aromatic heterocycles. The van der Waals surface area contributed by atoms with Crippen molar-refractivity contribution in [2.24, 2.45) is 5.10 Å². The molecule has 2 N–H and O–H groups in total. The third-order valence-corrected chi connectivity index (χ3v) is 4.97. The van der Waals surface area contributed by atoms with Gasteiger partial charge in [0.25, 0.3) is 0 Å². The summed E-state index contributed by atoms with van der Waals surface area (Å²) >= 11 is 0. The molecule has 10 nitrogen and oxygen atoms in total. The number of fused-ring (bicyclic) bond motifs is 2. The molecule has 0 atom stereocenters. The van der Waals surface area contributed by atoms with Crippen LogP contribution in [-0.4, -0.2) is 39.1 Å². The van der Waals surface area contributed by atoms with Gasteiger partial charge in [-0.3, -0.25) is 5.43 Å². The normalized spacial score (nSPS) is 11.2. The minimum atomic E-state index is -0.380. The second-order valence-electron chi connectivity index (χ2n) is 7.19. The van der Waals surface area contributed by atoms with E-state index in [1.165, 1.54) is 0 Å². The molecule has 0 aliphatic rings. The Balaban J connectivity index is 1.41. The molecule has 34 heavy (non-hydrogen) atoms. The third kappa shape index (κ3) is 4.37. The maximum atomic E-state index is 11.9. The number of aromatic nitrogens is 4. The van der Waals surface area contributed by atoms with Crippen molar-refractivity contribution in [1.29, 1.82) is 0 Å². The first-order valence-electron chi connectivity index (χ1n) is 10.5. The standard InChI is InChI=1S/C24H19N7O3/c1-2-33-24(32)16-10-12-18(13-11-16)26-20-21(28-23-22(27-20)30-34-31-23)29-25-14-17-8-5-7-15-6-3-4-9-19(15)17/h3-14H,2H2,1H3,(H,26,27,30)(H,28,29,31)/b25-14-. The van der Waals surface area contributed by atoms with Crippen LogP contribution in [0.3, 0.4) is 0 Å². The Morgan fingerprint density at radius 1 is 0.971 bits per heavy atom. The van der Waals surface area contributed by atoms with Crippen LogP contribution in [0.15, 0.2) is 76.5 Å². The molecule has 0 fully saturated rings. The van der Waals surface area contributed by atoms with Gasteiger partial charge in [0, 0.05) is 11.3 Å². The zero-order chi connectivity index (χ0) is 23.3. The number of carbonyl (C=O) groups excluding carboxylic acids is 1. The molecular weight excluding hydrogens is 434 g/mol. The molecule has 5 aromatic rings. The lowest BCUT2D eigenvalue weighted by atomic mass is 10.1. The molecule has 10 heteroatoms. The van der Waals surface area contributed by atoms with Crippen LogP contribution >= 0.6 is 0 Å². The Morgan fingerprint density at radius 3 is 2.50 bits per heavy atom. The summed E-state index contributed by atoms with van der Waals surface area (Å²) in [7, 11) is 0. The van der Waals surface area contributed by atoms with E-state index >= 15 is 0 Å². The van der Waals surface area contributed by atoms with Crippen molar-refractivity contribution in [2.75, 3.05) is 17.3 Å². The number of ether oxygens (including phenoxy) is 1. The number of anilines is 3. The maximum Gasteiger partial charge on any atom is 0.338 e. The Labute approximate surface area is 193 Å². The van der Waals surface area contributed by atoms with Crippen LogP contribution in [0.25, 0.3) is 22.1 Å². The Bertz CT molecular complexity index is 1490. The smallest absolute Gasteiger partial charge is 0.338 e. The third-order valence-electron chi connectivity index (χ3n) is 4.97. The molecule has 3 aromatic carbocycles. The van der Waals surface area contributed by atoms with E-state index in [1.54, 1.807) is 37.4 Å². The first-order valence-corrected chi connectivity index (χ1v) is 10.5. The number of nitrogens with zero attached hydrogens (tertiary/aromatic N) is 5. The predicted molar refractivity (Wildman–Crippen MR) is 128 cm³/mol. The zero-order valence-corrected chi connectivity index (χ0v) is 18.1. The minimum Gasteiger partial charge on any atom is -0.462 e. The van der Waals surface area contributed by atoms with Crippen molar-refractivity contribution in [3.8, 4) is 0 Å². The van der Waals surface area contributed by atoms with E-state index in [-0.39, 0.29) is 17.3 Å². The van der Waals surface area contributed by atoms with Gasteiger partial charge in [-0.05, 0) is 52.3 Å². The average molecular weight is 453 g/mol. The zero-order valence-electron chi connectivity index (χ0n) is 18.1. The van der Waals surface area contributed by atoms with E-state index in [0.717, 1.165) is 16.3 Å². The van der Waals surface area contributed by atoms with E-state index in [4.69, 9.17) is 9.37 Å². The molecule has 0 aliphatic carbocycles. The number of hydrogen-bond donors (Lipinski definition) is 2. The summed E-state index contributed by atoms with van der Waals surface area (Å²) in [6, 6.07) is 20.9. The number of benzene rings is 3. The second kappa shape index (κ2) is 9.33. The largest absolute Gasteiger partial charge is 0.462 e. The van der Waals surface area contributed by atoms with Crippen molar-refractivity contribution >= 4 is 51.6 Å². The Kier molecular flexibility index (Phi) is 5.76. The highest BCUT2D eigenvalue weighted by Crippen LogP contribution is 2.24. The topological polar surface area (TPSA) is 127 Å². The first kappa shape index (κ1) is 21.0. The molecule has 2 heterocycles. The van der Waals surface area contributed by atoms with Crippen molar-refractivity contribution in [3.05, 3.63) is 77.9 Å². The molecule has 0 amide bonds.